The predicted octanol–water partition coefficient (Wildman–Crippen LogP) is 5.67. The lowest BCUT2D eigenvalue weighted by molar-refractivity contribution is -0.140. The highest BCUT2D eigenvalue weighted by Crippen LogP contribution is 2.41. The quantitative estimate of drug-likeness (QED) is 0.158. The number of aliphatic hydroxyl groups is 1. The van der Waals surface area contributed by atoms with Crippen LogP contribution in [0.1, 0.15) is 55.8 Å². The number of carbonyl (C=O) groups excluding carboxylic acids is 2. The van der Waals surface area contributed by atoms with Gasteiger partial charge in [0.05, 0.1) is 24.8 Å². The monoisotopic (exact) mass is 500 g/mol. The van der Waals surface area contributed by atoms with Gasteiger partial charge in [-0.3, -0.25) is 14.6 Å². The van der Waals surface area contributed by atoms with E-state index in [0.29, 0.717) is 35.8 Å². The molecule has 3 aromatic rings. The van der Waals surface area contributed by atoms with E-state index in [0.717, 1.165) is 24.8 Å². The van der Waals surface area contributed by atoms with E-state index in [1.165, 1.54) is 4.90 Å². The Morgan fingerprint density at radius 1 is 0.919 bits per heavy atom. The second kappa shape index (κ2) is 12.2. The zero-order valence-electron chi connectivity index (χ0n) is 21.2. The molecule has 0 aliphatic carbocycles. The van der Waals surface area contributed by atoms with E-state index in [9.17, 15) is 14.7 Å². The Morgan fingerprint density at radius 2 is 1.65 bits per heavy atom. The van der Waals surface area contributed by atoms with Crippen LogP contribution in [0.15, 0.2) is 78.6 Å². The van der Waals surface area contributed by atoms with Crippen LogP contribution in [-0.4, -0.2) is 39.9 Å². The highest BCUT2D eigenvalue weighted by atomic mass is 16.5. The number of rotatable bonds is 11. The Kier molecular flexibility index (Phi) is 8.56. The van der Waals surface area contributed by atoms with Gasteiger partial charge in [-0.15, -0.1) is 0 Å². The number of carbonyl (C=O) groups is 2. The fraction of sp³-hybridized carbons (Fsp3) is 0.300. The number of aliphatic hydroxyl groups excluding tert-OH is 1. The van der Waals surface area contributed by atoms with Gasteiger partial charge >= 0.3 is 0 Å². The minimum absolute atomic E-state index is 0.0481. The van der Waals surface area contributed by atoms with Gasteiger partial charge in [-0.05, 0) is 72.5 Å². The number of Topliss-reactive ketones (excluding diaryl/α,β-unsaturated/α-hetero) is 1. The first kappa shape index (κ1) is 25.9. The van der Waals surface area contributed by atoms with Crippen molar-refractivity contribution >= 4 is 17.4 Å². The first-order chi connectivity index (χ1) is 18.0. The van der Waals surface area contributed by atoms with Gasteiger partial charge in [0.2, 0.25) is 0 Å². The van der Waals surface area contributed by atoms with Crippen LogP contribution in [0.4, 0.5) is 0 Å². The smallest absolute Gasteiger partial charge is 0.295 e. The molecule has 0 saturated carbocycles. The van der Waals surface area contributed by atoms with Crippen LogP contribution in [0.2, 0.25) is 0 Å². The van der Waals surface area contributed by atoms with Crippen molar-refractivity contribution in [3.8, 4) is 11.5 Å². The summed E-state index contributed by atoms with van der Waals surface area (Å²) in [5.74, 6) is -0.286. The third-order valence-electron chi connectivity index (χ3n) is 6.18. The number of pyridine rings is 1. The average molecular weight is 501 g/mol. The number of nitrogens with zero attached hydrogens (tertiary/aromatic N) is 2. The number of unbranched alkanes of at least 4 members (excludes halogenated alkanes) is 1. The van der Waals surface area contributed by atoms with E-state index in [1.807, 2.05) is 31.2 Å². The molecular formula is C30H32N2O5. The fourth-order valence-electron chi connectivity index (χ4n) is 4.27. The van der Waals surface area contributed by atoms with Gasteiger partial charge in [0.1, 0.15) is 17.3 Å². The molecule has 7 heteroatoms. The fourth-order valence-corrected chi connectivity index (χ4v) is 4.27. The van der Waals surface area contributed by atoms with Crippen molar-refractivity contribution in [2.24, 2.45) is 0 Å². The molecule has 0 bridgehead atoms. The molecule has 1 saturated heterocycles. The predicted molar refractivity (Wildman–Crippen MR) is 141 cm³/mol. The summed E-state index contributed by atoms with van der Waals surface area (Å²) in [5, 5.41) is 11.3. The summed E-state index contributed by atoms with van der Waals surface area (Å²) in [6.45, 7) is 5.47. The number of amides is 1. The Balaban J connectivity index is 1.76. The molecule has 1 atom stereocenters. The molecule has 2 aromatic carbocycles. The number of likely N-dealkylation sites (tertiary alicyclic amines) is 1. The van der Waals surface area contributed by atoms with E-state index in [4.69, 9.17) is 9.47 Å². The second-order valence-electron chi connectivity index (χ2n) is 8.93. The molecule has 0 spiro atoms. The molecule has 1 aliphatic heterocycles. The van der Waals surface area contributed by atoms with Crippen molar-refractivity contribution in [2.75, 3.05) is 13.2 Å². The molecule has 1 N–H and O–H groups in total. The van der Waals surface area contributed by atoms with E-state index in [-0.39, 0.29) is 17.9 Å². The first-order valence-electron chi connectivity index (χ1n) is 12.7. The lowest BCUT2D eigenvalue weighted by Gasteiger charge is -2.26. The van der Waals surface area contributed by atoms with E-state index in [2.05, 4.69) is 11.9 Å². The molecule has 1 amide bonds. The molecule has 1 aromatic heterocycles. The number of ether oxygens (including phenoxy) is 2. The summed E-state index contributed by atoms with van der Waals surface area (Å²) in [6, 6.07) is 17.1. The van der Waals surface area contributed by atoms with Crippen LogP contribution in [0.5, 0.6) is 11.5 Å². The second-order valence-corrected chi connectivity index (χ2v) is 8.93. The van der Waals surface area contributed by atoms with Crippen molar-refractivity contribution in [1.82, 2.24) is 9.88 Å². The summed E-state index contributed by atoms with van der Waals surface area (Å²) < 4.78 is 11.5. The summed E-state index contributed by atoms with van der Waals surface area (Å²) in [4.78, 5) is 32.1. The van der Waals surface area contributed by atoms with Crippen molar-refractivity contribution < 1.29 is 24.2 Å². The normalized spacial score (nSPS) is 16.7. The summed E-state index contributed by atoms with van der Waals surface area (Å²) in [6.07, 6.45) is 6.09. The Bertz CT molecular complexity index is 1250. The summed E-state index contributed by atoms with van der Waals surface area (Å²) in [7, 11) is 0. The zero-order chi connectivity index (χ0) is 26.2. The summed E-state index contributed by atoms with van der Waals surface area (Å²) in [5.41, 5.74) is 2.00. The van der Waals surface area contributed by atoms with Gasteiger partial charge in [-0.2, -0.15) is 0 Å². The van der Waals surface area contributed by atoms with E-state index in [1.54, 1.807) is 48.8 Å². The topological polar surface area (TPSA) is 89.0 Å². The van der Waals surface area contributed by atoms with Gasteiger partial charge in [-0.1, -0.05) is 32.4 Å². The van der Waals surface area contributed by atoms with Crippen LogP contribution in [-0.2, 0) is 16.1 Å². The van der Waals surface area contributed by atoms with Crippen LogP contribution in [0, 0.1) is 0 Å². The SMILES string of the molecule is CCCCOc1cccc(C2C(=C(O)c3ccc(OCCC)cc3)C(=O)C(=O)N2Cc2ccncc2)c1. The number of hydrogen-bond acceptors (Lipinski definition) is 6. The molecule has 1 aliphatic rings. The van der Waals surface area contributed by atoms with Gasteiger partial charge in [-0.25, -0.2) is 0 Å². The number of benzene rings is 2. The van der Waals surface area contributed by atoms with Gasteiger partial charge < -0.3 is 19.5 Å². The highest BCUT2D eigenvalue weighted by Gasteiger charge is 2.46. The Morgan fingerprint density at radius 3 is 2.35 bits per heavy atom. The molecule has 0 radical (unpaired) electrons. The van der Waals surface area contributed by atoms with Crippen molar-refractivity contribution in [3.63, 3.8) is 0 Å². The Hall–Kier alpha value is -4.13. The molecule has 1 fully saturated rings. The minimum atomic E-state index is -0.779. The maximum atomic E-state index is 13.3. The lowest BCUT2D eigenvalue weighted by Crippen LogP contribution is -2.29. The third-order valence-corrected chi connectivity index (χ3v) is 6.18. The lowest BCUT2D eigenvalue weighted by atomic mass is 9.95. The molecule has 37 heavy (non-hydrogen) atoms. The largest absolute Gasteiger partial charge is 0.507 e. The average Bonchev–Trinajstić information content (AvgIpc) is 3.17. The van der Waals surface area contributed by atoms with E-state index < -0.39 is 17.7 Å². The van der Waals surface area contributed by atoms with Crippen molar-refractivity contribution in [3.05, 3.63) is 95.3 Å². The molecule has 192 valence electrons. The number of ketones is 1. The molecular weight excluding hydrogens is 468 g/mol. The van der Waals surface area contributed by atoms with Gasteiger partial charge in [0.25, 0.3) is 11.7 Å². The van der Waals surface area contributed by atoms with Gasteiger partial charge in [0, 0.05) is 24.5 Å². The first-order valence-corrected chi connectivity index (χ1v) is 12.7. The molecule has 1 unspecified atom stereocenters. The maximum Gasteiger partial charge on any atom is 0.295 e. The van der Waals surface area contributed by atoms with Crippen molar-refractivity contribution in [2.45, 2.75) is 45.7 Å². The van der Waals surface area contributed by atoms with Crippen LogP contribution in [0.25, 0.3) is 5.76 Å². The minimum Gasteiger partial charge on any atom is -0.507 e. The molecule has 7 nitrogen and oxygen atoms in total. The standard InChI is InChI=1S/C30H32N2O5/c1-3-5-18-37-25-8-6-7-23(19-25)27-26(28(33)22-9-11-24(12-10-22)36-17-4-2)29(34)30(35)32(27)20-21-13-15-31-16-14-21/h6-16,19,27,33H,3-5,17-18,20H2,1-2H3. The molecule has 2 heterocycles. The Labute approximate surface area is 217 Å². The number of hydrogen-bond donors (Lipinski definition) is 1. The van der Waals surface area contributed by atoms with Crippen molar-refractivity contribution in [1.29, 1.82) is 0 Å². The third kappa shape index (κ3) is 6.00. The maximum absolute atomic E-state index is 13.3. The van der Waals surface area contributed by atoms with Gasteiger partial charge in [0.15, 0.2) is 0 Å². The van der Waals surface area contributed by atoms with Crippen LogP contribution < -0.4 is 9.47 Å². The van der Waals surface area contributed by atoms with Crippen LogP contribution >= 0.6 is 0 Å². The zero-order valence-corrected chi connectivity index (χ0v) is 21.2. The molecule has 4 rings (SSSR count). The van der Waals surface area contributed by atoms with E-state index >= 15 is 0 Å². The summed E-state index contributed by atoms with van der Waals surface area (Å²) >= 11 is 0. The van der Waals surface area contributed by atoms with Crippen LogP contribution in [0.3, 0.4) is 0 Å². The highest BCUT2D eigenvalue weighted by molar-refractivity contribution is 6.46. The number of aromatic nitrogens is 1.